The van der Waals surface area contributed by atoms with E-state index in [2.05, 4.69) is 25.1 Å². The van der Waals surface area contributed by atoms with Gasteiger partial charge in [-0.25, -0.2) is 49.9 Å². The predicted octanol–water partition coefficient (Wildman–Crippen LogP) is 5.73. The molecule has 1 spiro atoms. The van der Waals surface area contributed by atoms with Crippen molar-refractivity contribution in [2.24, 2.45) is 5.41 Å². The number of anilines is 4. The number of hydrogen-bond donors (Lipinski definition) is 2. The van der Waals surface area contributed by atoms with Gasteiger partial charge in [0.25, 0.3) is 10.0 Å². The van der Waals surface area contributed by atoms with Crippen molar-refractivity contribution in [3.8, 4) is 21.8 Å². The van der Waals surface area contributed by atoms with Crippen LogP contribution in [-0.4, -0.2) is 79.5 Å². The summed E-state index contributed by atoms with van der Waals surface area (Å²) in [5, 5.41) is 3.94. The van der Waals surface area contributed by atoms with Crippen molar-refractivity contribution >= 4 is 53.8 Å². The number of hydrogen-bond acceptors (Lipinski definition) is 12. The highest BCUT2D eigenvalue weighted by atomic mass is 32.2. The van der Waals surface area contributed by atoms with E-state index in [-0.39, 0.29) is 46.3 Å². The minimum Gasteiger partial charge on any atom is -0.351 e. The van der Waals surface area contributed by atoms with Crippen LogP contribution < -0.4 is 19.8 Å². The highest BCUT2D eigenvalue weighted by Crippen LogP contribution is 2.51. The Morgan fingerprint density at radius 1 is 0.852 bits per heavy atom. The predicted molar refractivity (Wildman–Crippen MR) is 199 cm³/mol. The van der Waals surface area contributed by atoms with Gasteiger partial charge in [0.05, 0.1) is 33.5 Å². The number of sulfonamides is 1. The highest BCUT2D eigenvalue weighted by molar-refractivity contribution is 7.93. The van der Waals surface area contributed by atoms with E-state index in [1.807, 2.05) is 22.9 Å². The van der Waals surface area contributed by atoms with Gasteiger partial charge < -0.3 is 15.1 Å². The first kappa shape index (κ1) is 34.9. The Morgan fingerprint density at radius 3 is 2.26 bits per heavy atom. The van der Waals surface area contributed by atoms with Gasteiger partial charge >= 0.3 is 0 Å². The third-order valence-electron chi connectivity index (χ3n) is 10.6. The van der Waals surface area contributed by atoms with Crippen molar-refractivity contribution in [3.05, 3.63) is 90.5 Å². The van der Waals surface area contributed by atoms with E-state index in [9.17, 15) is 25.6 Å². The van der Waals surface area contributed by atoms with E-state index >= 15 is 4.39 Å². The van der Waals surface area contributed by atoms with E-state index in [0.717, 1.165) is 36.9 Å². The van der Waals surface area contributed by atoms with Crippen LogP contribution in [0.2, 0.25) is 0 Å². The van der Waals surface area contributed by atoms with E-state index in [1.165, 1.54) is 29.5 Å². The zero-order valence-electron chi connectivity index (χ0n) is 28.5. The van der Waals surface area contributed by atoms with Crippen molar-refractivity contribution in [2.45, 2.75) is 48.7 Å². The molecule has 280 valence electrons. The Kier molecular flexibility index (Phi) is 8.35. The van der Waals surface area contributed by atoms with E-state index in [0.29, 0.717) is 47.6 Å². The van der Waals surface area contributed by atoms with Gasteiger partial charge in [-0.1, -0.05) is 29.5 Å². The Balaban J connectivity index is 1.06. The van der Waals surface area contributed by atoms with E-state index in [4.69, 9.17) is 9.97 Å². The van der Waals surface area contributed by atoms with Crippen LogP contribution in [0.25, 0.3) is 21.8 Å². The molecule has 6 heterocycles. The molecule has 12 nitrogen and oxygen atoms in total. The van der Waals surface area contributed by atoms with Gasteiger partial charge in [0, 0.05) is 54.6 Å². The number of thiazole rings is 1. The summed E-state index contributed by atoms with van der Waals surface area (Å²) >= 11 is 1.32. The molecule has 3 aromatic heterocycles. The zero-order valence-corrected chi connectivity index (χ0v) is 30.9. The molecule has 54 heavy (non-hydrogen) atoms. The zero-order chi connectivity index (χ0) is 37.4. The Hall–Kier alpha value is -4.81. The molecule has 3 saturated heterocycles. The maximum Gasteiger partial charge on any atom is 0.267 e. The molecule has 18 heteroatoms. The summed E-state index contributed by atoms with van der Waals surface area (Å²) in [6, 6.07) is 14.6. The number of pyridine rings is 1. The van der Waals surface area contributed by atoms with Crippen molar-refractivity contribution in [1.29, 1.82) is 0 Å². The van der Waals surface area contributed by atoms with Gasteiger partial charge in [0.2, 0.25) is 5.95 Å². The number of piperazine rings is 1. The van der Waals surface area contributed by atoms with Gasteiger partial charge in [-0.3, -0.25) is 4.72 Å². The largest absolute Gasteiger partial charge is 0.351 e. The quantitative estimate of drug-likeness (QED) is 0.189. The lowest BCUT2D eigenvalue weighted by molar-refractivity contribution is 0.153. The molecule has 2 atom stereocenters. The number of sulfone groups is 1. The maximum absolute atomic E-state index is 16.5. The summed E-state index contributed by atoms with van der Waals surface area (Å²) in [5.41, 5.74) is -0.0927. The lowest BCUT2D eigenvalue weighted by Gasteiger charge is -2.53. The normalized spacial score (nSPS) is 21.5. The summed E-state index contributed by atoms with van der Waals surface area (Å²) in [5.74, 6) is -1.99. The smallest absolute Gasteiger partial charge is 0.267 e. The number of halogens is 3. The lowest BCUT2D eigenvalue weighted by atomic mass is 9.67. The molecular formula is C36H33F3N8O4S3. The average molecular weight is 795 g/mol. The van der Waals surface area contributed by atoms with Crippen LogP contribution in [0, 0.1) is 22.9 Å². The molecule has 2 aromatic carbocycles. The molecule has 2 bridgehead atoms. The molecular weight excluding hydrogens is 762 g/mol. The molecule has 2 unspecified atom stereocenters. The summed E-state index contributed by atoms with van der Waals surface area (Å²) < 4.78 is 97.5. The number of aromatic nitrogens is 4. The first-order valence-corrected chi connectivity index (χ1v) is 21.5. The molecule has 2 N–H and O–H groups in total. The monoisotopic (exact) mass is 794 g/mol. The van der Waals surface area contributed by atoms with Gasteiger partial charge in [0.15, 0.2) is 25.7 Å². The van der Waals surface area contributed by atoms with Crippen molar-refractivity contribution in [1.82, 2.24) is 19.9 Å². The standard InChI is InChI=1S/C36H33F3N8O4S3/c37-25-6-4-7-26(38)33(25)54(50,51)45-27-8-3-5-24(30(27)39)31-32(28-12-14-41-34(43-28)42-21-15-36(16-21)19-53(48,49)20-36)52-35(44-31)46-17-22-10-11-23(18-46)47(22)29-9-1-2-13-40-29/h1-9,12-14,21-23,45H,10-11,15-20H2,(H,41,42,43). The first-order valence-electron chi connectivity index (χ1n) is 17.4. The van der Waals surface area contributed by atoms with Crippen LogP contribution >= 0.6 is 11.3 Å². The fraction of sp³-hybridized carbons (Fsp3) is 0.333. The fourth-order valence-electron chi connectivity index (χ4n) is 8.42. The minimum absolute atomic E-state index is 0.000412. The van der Waals surface area contributed by atoms with Crippen LogP contribution in [0.15, 0.2) is 78.0 Å². The van der Waals surface area contributed by atoms with Gasteiger partial charge in [0.1, 0.15) is 17.5 Å². The second-order valence-corrected chi connectivity index (χ2v) is 19.1. The van der Waals surface area contributed by atoms with Gasteiger partial charge in [-0.2, -0.15) is 0 Å². The molecule has 1 saturated carbocycles. The van der Waals surface area contributed by atoms with E-state index < -0.39 is 47.9 Å². The molecule has 9 rings (SSSR count). The molecule has 0 radical (unpaired) electrons. The topological polar surface area (TPSA) is 150 Å². The van der Waals surface area contributed by atoms with Crippen molar-refractivity contribution in [2.75, 3.05) is 44.4 Å². The number of rotatable bonds is 9. The van der Waals surface area contributed by atoms with Gasteiger partial charge in [-0.05, 0) is 68.1 Å². The highest BCUT2D eigenvalue weighted by Gasteiger charge is 2.56. The number of fused-ring (bicyclic) bond motifs is 2. The molecule has 0 amide bonds. The first-order chi connectivity index (χ1) is 25.9. The second-order valence-electron chi connectivity index (χ2n) is 14.4. The third-order valence-corrected chi connectivity index (χ3v) is 15.3. The molecule has 5 aromatic rings. The number of nitrogens with one attached hydrogen (secondary N) is 2. The minimum atomic E-state index is -4.87. The lowest BCUT2D eigenvalue weighted by Crippen LogP contribution is -2.60. The molecule has 3 aliphatic heterocycles. The summed E-state index contributed by atoms with van der Waals surface area (Å²) in [4.78, 5) is 22.5. The second kappa shape index (κ2) is 12.9. The Morgan fingerprint density at radius 2 is 1.57 bits per heavy atom. The summed E-state index contributed by atoms with van der Waals surface area (Å²) in [6.07, 6.45) is 6.67. The summed E-state index contributed by atoms with van der Waals surface area (Å²) in [6.45, 7) is 1.29. The number of nitrogens with zero attached hydrogens (tertiary/aromatic N) is 6. The third kappa shape index (κ3) is 6.22. The van der Waals surface area contributed by atoms with Crippen molar-refractivity contribution < 1.29 is 30.0 Å². The Labute approximate surface area is 313 Å². The van der Waals surface area contributed by atoms with Crippen LogP contribution in [-0.2, 0) is 19.9 Å². The SMILES string of the molecule is O=S1(=O)CC2(CC(Nc3nccc(-c4sc(N5CC6CCC(C5)N6c5ccccn5)nc4-c4cccc(NS(=O)(=O)c5c(F)cccc5F)c4F)n3)C2)C1. The Bertz CT molecular complexity index is 2450. The summed E-state index contributed by atoms with van der Waals surface area (Å²) in [7, 11) is -7.83. The number of benzene rings is 2. The fourth-order valence-corrected chi connectivity index (χ4v) is 12.9. The van der Waals surface area contributed by atoms with Crippen LogP contribution in [0.1, 0.15) is 25.7 Å². The molecule has 4 aliphatic rings. The van der Waals surface area contributed by atoms with Crippen LogP contribution in [0.5, 0.6) is 0 Å². The van der Waals surface area contributed by atoms with Crippen LogP contribution in [0.4, 0.5) is 35.8 Å². The maximum atomic E-state index is 16.5. The molecule has 1 aliphatic carbocycles. The molecule has 4 fully saturated rings. The van der Waals surface area contributed by atoms with E-state index in [1.54, 1.807) is 18.5 Å². The van der Waals surface area contributed by atoms with Crippen molar-refractivity contribution in [3.63, 3.8) is 0 Å². The van der Waals surface area contributed by atoms with Crippen LogP contribution in [0.3, 0.4) is 0 Å². The average Bonchev–Trinajstić information content (AvgIpc) is 3.66. The van der Waals surface area contributed by atoms with Gasteiger partial charge in [-0.15, -0.1) is 0 Å².